The smallest absolute Gasteiger partial charge is 0.195 e. The van der Waals surface area contributed by atoms with Crippen LogP contribution in [0.1, 0.15) is 10.4 Å². The van der Waals surface area contributed by atoms with Gasteiger partial charge in [-0.3, -0.25) is 9.00 Å². The summed E-state index contributed by atoms with van der Waals surface area (Å²) in [5.41, 5.74) is 1.30. The molecule has 0 aliphatic carbocycles. The van der Waals surface area contributed by atoms with E-state index in [0.29, 0.717) is 5.56 Å². The van der Waals surface area contributed by atoms with E-state index >= 15 is 0 Å². The third-order valence-corrected chi connectivity index (χ3v) is 2.63. The minimum absolute atomic E-state index is 0.199. The molecule has 0 bridgehead atoms. The van der Waals surface area contributed by atoms with Crippen molar-refractivity contribution in [3.05, 3.63) is 29.8 Å². The first-order chi connectivity index (χ1) is 6.94. The molecule has 15 heavy (non-hydrogen) atoms. The molecule has 0 fully saturated rings. The summed E-state index contributed by atoms with van der Waals surface area (Å²) in [5, 5.41) is 4.21. The number of benzene rings is 1. The van der Waals surface area contributed by atoms with Crippen molar-refractivity contribution in [3.63, 3.8) is 0 Å². The molecule has 0 aliphatic heterocycles. The summed E-state index contributed by atoms with van der Waals surface area (Å²) in [5.74, 6) is -0.199. The van der Waals surface area contributed by atoms with Crippen molar-refractivity contribution < 1.29 is 9.00 Å². The maximum Gasteiger partial charge on any atom is 0.195 e. The fourth-order valence-electron chi connectivity index (χ4n) is 1.24. The van der Waals surface area contributed by atoms with E-state index in [-0.39, 0.29) is 5.78 Å². The van der Waals surface area contributed by atoms with Gasteiger partial charge in [0.15, 0.2) is 5.78 Å². The second-order valence-electron chi connectivity index (χ2n) is 3.59. The lowest BCUT2D eigenvalue weighted by Gasteiger charge is -2.05. The van der Waals surface area contributed by atoms with E-state index in [2.05, 4.69) is 5.32 Å². The lowest BCUT2D eigenvalue weighted by molar-refractivity contribution is 0.107. The molecule has 0 saturated carbocycles. The molecule has 82 valence electrons. The highest BCUT2D eigenvalue weighted by molar-refractivity contribution is 8.01. The number of carbonyl (C=O) groups is 1. The second-order valence-corrected chi connectivity index (χ2v) is 6.44. The van der Waals surface area contributed by atoms with E-state index < -0.39 is 9.52 Å². The maximum absolute atomic E-state index is 11.8. The Bertz CT molecular complexity index is 477. The van der Waals surface area contributed by atoms with Crippen molar-refractivity contribution in [2.45, 2.75) is 0 Å². The number of carbonyl (C=O) groups excluding carboxylic acids is 1. The molecule has 1 aromatic rings. The molecular weight excluding hydrogens is 210 g/mol. The normalized spacial score (nSPS) is 10.9. The Morgan fingerprint density at radius 1 is 1.33 bits per heavy atom. The van der Waals surface area contributed by atoms with E-state index in [1.807, 2.05) is 12.1 Å². The highest BCUT2D eigenvalue weighted by Gasteiger charge is 2.08. The van der Waals surface area contributed by atoms with Crippen LogP contribution in [-0.4, -0.2) is 34.9 Å². The molecule has 0 aromatic heterocycles. The minimum Gasteiger partial charge on any atom is -0.388 e. The van der Waals surface area contributed by atoms with Gasteiger partial charge in [-0.25, -0.2) is 0 Å². The molecule has 4 heteroatoms. The summed E-state index contributed by atoms with van der Waals surface area (Å²) in [6.45, 7) is 0. The van der Waals surface area contributed by atoms with Crippen LogP contribution < -0.4 is 5.32 Å². The molecule has 1 aromatic carbocycles. The zero-order chi connectivity index (χ0) is 11.5. The third-order valence-electron chi connectivity index (χ3n) is 1.85. The topological polar surface area (TPSA) is 46.2 Å². The largest absolute Gasteiger partial charge is 0.388 e. The lowest BCUT2D eigenvalue weighted by Crippen LogP contribution is -2.10. The first kappa shape index (κ1) is 11.8. The number of para-hydroxylation sites is 1. The summed E-state index contributed by atoms with van der Waals surface area (Å²) in [4.78, 5) is 11.8. The average Bonchev–Trinajstić information content (AvgIpc) is 2.15. The van der Waals surface area contributed by atoms with Gasteiger partial charge in [-0.2, -0.15) is 0 Å². The van der Waals surface area contributed by atoms with Crippen molar-refractivity contribution in [2.24, 2.45) is 0 Å². The van der Waals surface area contributed by atoms with Crippen LogP contribution in [0.25, 0.3) is 0 Å². The summed E-state index contributed by atoms with van der Waals surface area (Å²) in [6.07, 6.45) is 3.10. The van der Waals surface area contributed by atoms with Crippen molar-refractivity contribution in [1.29, 1.82) is 0 Å². The third kappa shape index (κ3) is 3.40. The Balaban J connectivity index is 3.18. The first-order valence-corrected chi connectivity index (χ1v) is 6.98. The summed E-state index contributed by atoms with van der Waals surface area (Å²) < 4.78 is 11.5. The molecule has 1 rings (SSSR count). The van der Waals surface area contributed by atoms with E-state index in [9.17, 15) is 9.00 Å². The van der Waals surface area contributed by atoms with Crippen LogP contribution in [0.5, 0.6) is 0 Å². The van der Waals surface area contributed by atoms with Crippen molar-refractivity contribution in [3.8, 4) is 0 Å². The molecule has 0 heterocycles. The molecule has 0 saturated heterocycles. The molecule has 0 radical (unpaired) electrons. The number of ketones is 1. The number of rotatable bonds is 3. The van der Waals surface area contributed by atoms with Crippen LogP contribution in [-0.2, 0) is 9.52 Å². The quantitative estimate of drug-likeness (QED) is 0.622. The van der Waals surface area contributed by atoms with Crippen LogP contribution in [0, 0.1) is 0 Å². The molecule has 0 spiro atoms. The average molecular weight is 225 g/mol. The predicted molar refractivity (Wildman–Crippen MR) is 66.4 cm³/mol. The second kappa shape index (κ2) is 4.49. The lowest BCUT2D eigenvalue weighted by atomic mass is 10.1. The van der Waals surface area contributed by atoms with Crippen molar-refractivity contribution in [2.75, 3.05) is 24.9 Å². The van der Waals surface area contributed by atoms with Gasteiger partial charge in [-0.1, -0.05) is 12.1 Å². The molecule has 0 amide bonds. The van der Waals surface area contributed by atoms with Gasteiger partial charge in [0.05, 0.1) is 0 Å². The molecule has 1 N–H and O–H groups in total. The number of Topliss-reactive ketones (excluding diaryl/α,β-unsaturated/α-hetero) is 1. The minimum atomic E-state index is -2.15. The zero-order valence-corrected chi connectivity index (χ0v) is 9.93. The highest BCUT2D eigenvalue weighted by Crippen LogP contribution is 2.13. The molecule has 0 atom stereocenters. The zero-order valence-electron chi connectivity index (χ0n) is 9.11. The van der Waals surface area contributed by atoms with E-state index in [1.165, 1.54) is 5.37 Å². The Kier molecular flexibility index (Phi) is 3.52. The summed E-state index contributed by atoms with van der Waals surface area (Å²) >= 11 is 0. The SMILES string of the molecule is CNc1ccccc1C(=O)C=S(C)(C)=O. The Labute approximate surface area is 90.5 Å². The van der Waals surface area contributed by atoms with Crippen molar-refractivity contribution >= 4 is 26.4 Å². The number of anilines is 1. The van der Waals surface area contributed by atoms with Gasteiger partial charge < -0.3 is 5.32 Å². The highest BCUT2D eigenvalue weighted by atomic mass is 32.2. The Morgan fingerprint density at radius 2 is 1.93 bits per heavy atom. The number of nitrogens with one attached hydrogen (secondary N) is 1. The van der Waals surface area contributed by atoms with Gasteiger partial charge in [0, 0.05) is 36.2 Å². The van der Waals surface area contributed by atoms with Gasteiger partial charge in [-0.15, -0.1) is 0 Å². The molecular formula is C11H15NO2S. The maximum atomic E-state index is 11.8. The first-order valence-electron chi connectivity index (χ1n) is 4.54. The van der Waals surface area contributed by atoms with Crippen LogP contribution in [0.15, 0.2) is 24.3 Å². The Hall–Kier alpha value is -1.29. The van der Waals surface area contributed by atoms with Gasteiger partial charge in [0.1, 0.15) is 0 Å². The monoisotopic (exact) mass is 225 g/mol. The van der Waals surface area contributed by atoms with Gasteiger partial charge in [0.2, 0.25) is 0 Å². The van der Waals surface area contributed by atoms with Crippen LogP contribution in [0.3, 0.4) is 0 Å². The summed E-state index contributed by atoms with van der Waals surface area (Å²) in [6, 6.07) is 7.16. The fraction of sp³-hybridized carbons (Fsp3) is 0.273. The number of hydrogen-bond acceptors (Lipinski definition) is 3. The van der Waals surface area contributed by atoms with E-state index in [1.54, 1.807) is 31.7 Å². The fourth-order valence-corrected chi connectivity index (χ4v) is 1.88. The Morgan fingerprint density at radius 3 is 2.47 bits per heavy atom. The molecule has 0 aliphatic rings. The van der Waals surface area contributed by atoms with Crippen LogP contribution in [0.4, 0.5) is 5.69 Å². The molecule has 0 unspecified atom stereocenters. The van der Waals surface area contributed by atoms with Gasteiger partial charge >= 0.3 is 0 Å². The van der Waals surface area contributed by atoms with Gasteiger partial charge in [-0.05, 0) is 21.7 Å². The van der Waals surface area contributed by atoms with Gasteiger partial charge in [0.25, 0.3) is 0 Å². The van der Waals surface area contributed by atoms with E-state index in [0.717, 1.165) is 5.69 Å². The van der Waals surface area contributed by atoms with Crippen LogP contribution >= 0.6 is 0 Å². The van der Waals surface area contributed by atoms with E-state index in [4.69, 9.17) is 0 Å². The summed E-state index contributed by atoms with van der Waals surface area (Å²) in [7, 11) is -0.398. The molecule has 3 nitrogen and oxygen atoms in total. The van der Waals surface area contributed by atoms with Crippen LogP contribution in [0.2, 0.25) is 0 Å². The standard InChI is InChI=1S/C11H15NO2S/c1-12-10-7-5-4-6-9(10)11(13)8-15(2,3)14/h4-8,12H,1-3H3. The number of hydrogen-bond donors (Lipinski definition) is 1. The van der Waals surface area contributed by atoms with Crippen molar-refractivity contribution in [1.82, 2.24) is 0 Å². The predicted octanol–water partition coefficient (Wildman–Crippen LogP) is 1.26.